The highest BCUT2D eigenvalue weighted by Gasteiger charge is 2.20. The molecule has 0 radical (unpaired) electrons. The summed E-state index contributed by atoms with van der Waals surface area (Å²) in [5.41, 5.74) is 2.14. The molecular formula is C14H16ClN3S. The van der Waals surface area contributed by atoms with Crippen molar-refractivity contribution in [1.29, 1.82) is 0 Å². The molecule has 0 saturated heterocycles. The van der Waals surface area contributed by atoms with E-state index in [4.69, 9.17) is 11.6 Å². The van der Waals surface area contributed by atoms with Crippen LogP contribution in [0.15, 0.2) is 18.2 Å². The first-order valence-corrected chi connectivity index (χ1v) is 7.74. The van der Waals surface area contributed by atoms with Gasteiger partial charge < -0.3 is 5.32 Å². The lowest BCUT2D eigenvalue weighted by atomic mass is 10.2. The number of benzene rings is 1. The SMILES string of the molecule is Cc1ccc(-c2nnc(CCNC3CC3)s2)c(Cl)c1. The van der Waals surface area contributed by atoms with Gasteiger partial charge in [-0.2, -0.15) is 0 Å². The van der Waals surface area contributed by atoms with Gasteiger partial charge in [-0.25, -0.2) is 0 Å². The third-order valence-corrected chi connectivity index (χ3v) is 4.50. The number of nitrogens with zero attached hydrogens (tertiary/aromatic N) is 2. The zero-order chi connectivity index (χ0) is 13.2. The average Bonchev–Trinajstić information content (AvgIpc) is 3.07. The largest absolute Gasteiger partial charge is 0.314 e. The summed E-state index contributed by atoms with van der Waals surface area (Å²) in [5.74, 6) is 0. The molecule has 1 N–H and O–H groups in total. The second-order valence-corrected chi connectivity index (χ2v) is 6.43. The van der Waals surface area contributed by atoms with Crippen LogP contribution < -0.4 is 5.32 Å². The zero-order valence-electron chi connectivity index (χ0n) is 10.8. The molecule has 3 rings (SSSR count). The first-order valence-electron chi connectivity index (χ1n) is 6.54. The summed E-state index contributed by atoms with van der Waals surface area (Å²) >= 11 is 7.89. The highest BCUT2D eigenvalue weighted by molar-refractivity contribution is 7.14. The second kappa shape index (κ2) is 5.57. The summed E-state index contributed by atoms with van der Waals surface area (Å²) < 4.78 is 0. The lowest BCUT2D eigenvalue weighted by Gasteiger charge is -2.00. The van der Waals surface area contributed by atoms with Gasteiger partial charge in [-0.3, -0.25) is 0 Å². The molecule has 2 aromatic rings. The molecule has 1 aromatic carbocycles. The predicted octanol–water partition coefficient (Wildman–Crippen LogP) is 3.46. The van der Waals surface area contributed by atoms with E-state index < -0.39 is 0 Å². The van der Waals surface area contributed by atoms with Crippen LogP contribution >= 0.6 is 22.9 Å². The Bertz CT molecular complexity index is 578. The van der Waals surface area contributed by atoms with E-state index in [0.29, 0.717) is 0 Å². The Balaban J connectivity index is 1.68. The molecule has 1 heterocycles. The van der Waals surface area contributed by atoms with Crippen molar-refractivity contribution >= 4 is 22.9 Å². The van der Waals surface area contributed by atoms with Crippen LogP contribution in [0.3, 0.4) is 0 Å². The number of aromatic nitrogens is 2. The lowest BCUT2D eigenvalue weighted by molar-refractivity contribution is 0.677. The molecule has 0 spiro atoms. The van der Waals surface area contributed by atoms with Crippen LogP contribution in [0.2, 0.25) is 5.02 Å². The van der Waals surface area contributed by atoms with E-state index in [-0.39, 0.29) is 0 Å². The Labute approximate surface area is 122 Å². The molecule has 1 saturated carbocycles. The van der Waals surface area contributed by atoms with Crippen LogP contribution in [-0.4, -0.2) is 22.8 Å². The minimum absolute atomic E-state index is 0.749. The normalized spacial score (nSPS) is 14.8. The maximum absolute atomic E-state index is 6.25. The number of hydrogen-bond acceptors (Lipinski definition) is 4. The van der Waals surface area contributed by atoms with Gasteiger partial charge in [0, 0.05) is 24.6 Å². The van der Waals surface area contributed by atoms with Crippen LogP contribution in [0.25, 0.3) is 10.6 Å². The first kappa shape index (κ1) is 13.0. The fraction of sp³-hybridized carbons (Fsp3) is 0.429. The minimum Gasteiger partial charge on any atom is -0.314 e. The molecule has 0 bridgehead atoms. The molecular weight excluding hydrogens is 278 g/mol. The van der Waals surface area contributed by atoms with Gasteiger partial charge >= 0.3 is 0 Å². The summed E-state index contributed by atoms with van der Waals surface area (Å²) in [5, 5.41) is 14.7. The summed E-state index contributed by atoms with van der Waals surface area (Å²) in [7, 11) is 0. The summed E-state index contributed by atoms with van der Waals surface area (Å²) in [4.78, 5) is 0. The Morgan fingerprint density at radius 1 is 1.37 bits per heavy atom. The Morgan fingerprint density at radius 3 is 2.95 bits per heavy atom. The smallest absolute Gasteiger partial charge is 0.149 e. The Hall–Kier alpha value is -0.970. The number of rotatable bonds is 5. The van der Waals surface area contributed by atoms with Crippen molar-refractivity contribution < 1.29 is 0 Å². The number of halogens is 1. The maximum Gasteiger partial charge on any atom is 0.149 e. The fourth-order valence-corrected chi connectivity index (χ4v) is 3.19. The van der Waals surface area contributed by atoms with Crippen molar-refractivity contribution in [2.45, 2.75) is 32.2 Å². The van der Waals surface area contributed by atoms with E-state index >= 15 is 0 Å². The lowest BCUT2D eigenvalue weighted by Crippen LogP contribution is -2.19. The van der Waals surface area contributed by atoms with E-state index in [0.717, 1.165) is 45.2 Å². The van der Waals surface area contributed by atoms with Gasteiger partial charge in [-0.1, -0.05) is 35.1 Å². The van der Waals surface area contributed by atoms with Gasteiger partial charge in [0.1, 0.15) is 10.0 Å². The van der Waals surface area contributed by atoms with Gasteiger partial charge in [-0.05, 0) is 31.4 Å². The van der Waals surface area contributed by atoms with Crippen molar-refractivity contribution in [1.82, 2.24) is 15.5 Å². The topological polar surface area (TPSA) is 37.8 Å². The Kier molecular flexibility index (Phi) is 3.82. The maximum atomic E-state index is 6.25. The quantitative estimate of drug-likeness (QED) is 0.917. The molecule has 19 heavy (non-hydrogen) atoms. The number of hydrogen-bond donors (Lipinski definition) is 1. The van der Waals surface area contributed by atoms with Crippen LogP contribution in [0.5, 0.6) is 0 Å². The van der Waals surface area contributed by atoms with Gasteiger partial charge in [0.05, 0.1) is 5.02 Å². The van der Waals surface area contributed by atoms with Crippen molar-refractivity contribution in [3.8, 4) is 10.6 Å². The van der Waals surface area contributed by atoms with Gasteiger partial charge in [-0.15, -0.1) is 10.2 Å². The van der Waals surface area contributed by atoms with Crippen molar-refractivity contribution in [2.24, 2.45) is 0 Å². The van der Waals surface area contributed by atoms with E-state index in [2.05, 4.69) is 21.6 Å². The monoisotopic (exact) mass is 293 g/mol. The summed E-state index contributed by atoms with van der Waals surface area (Å²) in [6, 6.07) is 6.78. The number of aryl methyl sites for hydroxylation is 1. The molecule has 3 nitrogen and oxygen atoms in total. The molecule has 1 fully saturated rings. The van der Waals surface area contributed by atoms with Crippen molar-refractivity contribution in [3.63, 3.8) is 0 Å². The minimum atomic E-state index is 0.749. The van der Waals surface area contributed by atoms with Crippen molar-refractivity contribution in [2.75, 3.05) is 6.54 Å². The highest BCUT2D eigenvalue weighted by atomic mass is 35.5. The highest BCUT2D eigenvalue weighted by Crippen LogP contribution is 2.31. The molecule has 5 heteroatoms. The second-order valence-electron chi connectivity index (χ2n) is 4.96. The number of nitrogens with one attached hydrogen (secondary N) is 1. The molecule has 0 aliphatic heterocycles. The zero-order valence-corrected chi connectivity index (χ0v) is 12.4. The molecule has 0 amide bonds. The molecule has 0 atom stereocenters. The van der Waals surface area contributed by atoms with E-state index in [1.165, 1.54) is 12.8 Å². The molecule has 0 unspecified atom stereocenters. The van der Waals surface area contributed by atoms with Gasteiger partial charge in [0.15, 0.2) is 0 Å². The van der Waals surface area contributed by atoms with E-state index in [1.807, 2.05) is 19.1 Å². The van der Waals surface area contributed by atoms with Crippen LogP contribution in [0.4, 0.5) is 0 Å². The third-order valence-electron chi connectivity index (χ3n) is 3.17. The van der Waals surface area contributed by atoms with Gasteiger partial charge in [0.2, 0.25) is 0 Å². The molecule has 1 aliphatic carbocycles. The predicted molar refractivity (Wildman–Crippen MR) is 79.8 cm³/mol. The standard InChI is InChI=1S/C14H16ClN3S/c1-9-2-5-11(12(15)8-9)14-18-17-13(19-14)6-7-16-10-3-4-10/h2,5,8,10,16H,3-4,6-7H2,1H3. The summed E-state index contributed by atoms with van der Waals surface area (Å²) in [6.07, 6.45) is 3.58. The third kappa shape index (κ3) is 3.32. The Morgan fingerprint density at radius 2 is 2.21 bits per heavy atom. The van der Waals surface area contributed by atoms with E-state index in [9.17, 15) is 0 Å². The summed E-state index contributed by atoms with van der Waals surface area (Å²) in [6.45, 7) is 3.02. The van der Waals surface area contributed by atoms with E-state index in [1.54, 1.807) is 11.3 Å². The average molecular weight is 294 g/mol. The van der Waals surface area contributed by atoms with Crippen molar-refractivity contribution in [3.05, 3.63) is 33.8 Å². The fourth-order valence-electron chi connectivity index (χ4n) is 1.93. The van der Waals surface area contributed by atoms with Gasteiger partial charge in [0.25, 0.3) is 0 Å². The molecule has 100 valence electrons. The first-order chi connectivity index (χ1) is 9.22. The van der Waals surface area contributed by atoms with Crippen LogP contribution in [0, 0.1) is 6.92 Å². The molecule has 1 aliphatic rings. The molecule has 1 aromatic heterocycles. The van der Waals surface area contributed by atoms with Crippen LogP contribution in [-0.2, 0) is 6.42 Å². The van der Waals surface area contributed by atoms with Crippen LogP contribution in [0.1, 0.15) is 23.4 Å².